The van der Waals surface area contributed by atoms with Crippen LogP contribution in [0.2, 0.25) is 0 Å². The maximum absolute atomic E-state index is 5.53. The van der Waals surface area contributed by atoms with Gasteiger partial charge in [-0.3, -0.25) is 5.10 Å². The number of hydrogen-bond acceptors (Lipinski definition) is 5. The molecule has 2 heterocycles. The van der Waals surface area contributed by atoms with E-state index < -0.39 is 0 Å². The zero-order valence-corrected chi connectivity index (χ0v) is 11.7. The Morgan fingerprint density at radius 1 is 1.56 bits per heavy atom. The molecular formula is C12H23N5O. The highest BCUT2D eigenvalue weighted by Gasteiger charge is 2.29. The molecule has 18 heavy (non-hydrogen) atoms. The van der Waals surface area contributed by atoms with Crippen molar-refractivity contribution in [3.63, 3.8) is 0 Å². The normalized spacial score (nSPS) is 24.0. The zero-order chi connectivity index (χ0) is 13.2. The number of ether oxygens (including phenoxy) is 1. The van der Waals surface area contributed by atoms with Crippen LogP contribution in [0.5, 0.6) is 0 Å². The van der Waals surface area contributed by atoms with E-state index in [1.807, 2.05) is 6.92 Å². The van der Waals surface area contributed by atoms with Crippen LogP contribution in [0.4, 0.5) is 5.95 Å². The van der Waals surface area contributed by atoms with Gasteiger partial charge < -0.3 is 15.0 Å². The summed E-state index contributed by atoms with van der Waals surface area (Å²) in [4.78, 5) is 6.79. The topological polar surface area (TPSA) is 66.1 Å². The van der Waals surface area contributed by atoms with E-state index in [4.69, 9.17) is 4.74 Å². The van der Waals surface area contributed by atoms with Gasteiger partial charge in [0, 0.05) is 32.8 Å². The van der Waals surface area contributed by atoms with E-state index in [0.29, 0.717) is 6.04 Å². The minimum atomic E-state index is -0.384. The summed E-state index contributed by atoms with van der Waals surface area (Å²) in [7, 11) is 1.71. The quantitative estimate of drug-likeness (QED) is 0.833. The van der Waals surface area contributed by atoms with E-state index in [9.17, 15) is 0 Å². The van der Waals surface area contributed by atoms with Crippen LogP contribution >= 0.6 is 0 Å². The Bertz CT molecular complexity index is 388. The Labute approximate surface area is 108 Å². The van der Waals surface area contributed by atoms with Gasteiger partial charge in [0.15, 0.2) is 5.82 Å². The molecule has 6 nitrogen and oxygen atoms in total. The van der Waals surface area contributed by atoms with Crippen molar-refractivity contribution in [2.24, 2.45) is 0 Å². The molecule has 0 spiro atoms. The molecule has 2 N–H and O–H groups in total. The van der Waals surface area contributed by atoms with Gasteiger partial charge in [0.05, 0.1) is 0 Å². The van der Waals surface area contributed by atoms with Gasteiger partial charge in [-0.1, -0.05) is 6.92 Å². The van der Waals surface area contributed by atoms with Gasteiger partial charge in [0.2, 0.25) is 5.95 Å². The van der Waals surface area contributed by atoms with Crippen molar-refractivity contribution in [2.75, 3.05) is 31.6 Å². The second-order valence-corrected chi connectivity index (χ2v) is 5.07. The van der Waals surface area contributed by atoms with Crippen molar-refractivity contribution < 1.29 is 4.74 Å². The largest absolute Gasteiger partial charge is 0.371 e. The minimum Gasteiger partial charge on any atom is -0.371 e. The predicted octanol–water partition coefficient (Wildman–Crippen LogP) is 0.874. The van der Waals surface area contributed by atoms with Crippen LogP contribution in [0.1, 0.15) is 33.0 Å². The van der Waals surface area contributed by atoms with Crippen molar-refractivity contribution in [1.82, 2.24) is 20.5 Å². The molecular weight excluding hydrogens is 230 g/mol. The fourth-order valence-corrected chi connectivity index (χ4v) is 2.15. The van der Waals surface area contributed by atoms with Gasteiger partial charge >= 0.3 is 0 Å². The first kappa shape index (κ1) is 13.3. The first-order chi connectivity index (χ1) is 8.59. The smallest absolute Gasteiger partial charge is 0.244 e. The van der Waals surface area contributed by atoms with Crippen LogP contribution in [0, 0.1) is 0 Å². The van der Waals surface area contributed by atoms with Crippen molar-refractivity contribution in [1.29, 1.82) is 0 Å². The lowest BCUT2D eigenvalue weighted by atomic mass is 10.0. The van der Waals surface area contributed by atoms with Crippen molar-refractivity contribution in [3.8, 4) is 0 Å². The van der Waals surface area contributed by atoms with Crippen LogP contribution in [-0.2, 0) is 10.3 Å². The molecule has 6 heteroatoms. The SMILES string of the molecule is CCC(C)(OC)c1nc(N2CCN[C@@H](C)C2)n[nH]1. The molecule has 0 radical (unpaired) electrons. The van der Waals surface area contributed by atoms with E-state index in [1.165, 1.54) is 0 Å². The minimum absolute atomic E-state index is 0.384. The Morgan fingerprint density at radius 3 is 2.94 bits per heavy atom. The molecule has 2 atom stereocenters. The molecule has 0 aliphatic carbocycles. The average molecular weight is 253 g/mol. The van der Waals surface area contributed by atoms with Crippen LogP contribution in [-0.4, -0.2) is 48.0 Å². The number of H-pyrrole nitrogens is 1. The van der Waals surface area contributed by atoms with E-state index in [0.717, 1.165) is 37.8 Å². The number of nitrogens with zero attached hydrogens (tertiary/aromatic N) is 3. The molecule has 102 valence electrons. The molecule has 0 aromatic carbocycles. The summed E-state index contributed by atoms with van der Waals surface area (Å²) < 4.78 is 5.53. The molecule has 1 aliphatic heterocycles. The van der Waals surface area contributed by atoms with Crippen molar-refractivity contribution in [2.45, 2.75) is 38.8 Å². The first-order valence-corrected chi connectivity index (χ1v) is 6.55. The Balaban J connectivity index is 2.14. The Kier molecular flexibility index (Phi) is 3.87. The van der Waals surface area contributed by atoms with Gasteiger partial charge in [-0.15, -0.1) is 5.10 Å². The summed E-state index contributed by atoms with van der Waals surface area (Å²) in [6.07, 6.45) is 0.857. The molecule has 1 aliphatic rings. The van der Waals surface area contributed by atoms with Gasteiger partial charge in [-0.05, 0) is 20.3 Å². The van der Waals surface area contributed by atoms with Crippen molar-refractivity contribution in [3.05, 3.63) is 5.82 Å². The number of aromatic amines is 1. The van der Waals surface area contributed by atoms with Gasteiger partial charge in [-0.2, -0.15) is 4.98 Å². The third kappa shape index (κ3) is 2.49. The van der Waals surface area contributed by atoms with Gasteiger partial charge in [0.1, 0.15) is 5.60 Å². The van der Waals surface area contributed by atoms with E-state index in [2.05, 4.69) is 39.2 Å². The number of hydrogen-bond donors (Lipinski definition) is 2. The number of methoxy groups -OCH3 is 1. The monoisotopic (exact) mass is 253 g/mol. The summed E-state index contributed by atoms with van der Waals surface area (Å²) in [6, 6.07) is 0.473. The van der Waals surface area contributed by atoms with Gasteiger partial charge in [-0.25, -0.2) is 0 Å². The molecule has 1 fully saturated rings. The first-order valence-electron chi connectivity index (χ1n) is 6.55. The van der Waals surface area contributed by atoms with Crippen LogP contribution in [0.3, 0.4) is 0 Å². The number of rotatable bonds is 4. The summed E-state index contributed by atoms with van der Waals surface area (Å²) in [6.45, 7) is 9.13. The lowest BCUT2D eigenvalue weighted by molar-refractivity contribution is -0.00864. The molecule has 1 saturated heterocycles. The van der Waals surface area contributed by atoms with E-state index in [-0.39, 0.29) is 5.60 Å². The summed E-state index contributed by atoms with van der Waals surface area (Å²) >= 11 is 0. The van der Waals surface area contributed by atoms with Crippen LogP contribution in [0.15, 0.2) is 0 Å². The standard InChI is InChI=1S/C12H23N5O/c1-5-12(3,18-4)10-14-11(16-15-10)17-7-6-13-9(2)8-17/h9,13H,5-8H2,1-4H3,(H,14,15,16)/t9-,12?/m0/s1. The average Bonchev–Trinajstić information content (AvgIpc) is 2.88. The molecule has 2 rings (SSSR count). The maximum atomic E-state index is 5.53. The fraction of sp³-hybridized carbons (Fsp3) is 0.833. The van der Waals surface area contributed by atoms with Crippen LogP contribution < -0.4 is 10.2 Å². The third-order valence-corrected chi connectivity index (χ3v) is 3.75. The maximum Gasteiger partial charge on any atom is 0.244 e. The second kappa shape index (κ2) is 5.24. The summed E-state index contributed by atoms with van der Waals surface area (Å²) in [5, 5.41) is 10.7. The molecule has 1 aromatic rings. The van der Waals surface area contributed by atoms with E-state index >= 15 is 0 Å². The Morgan fingerprint density at radius 2 is 2.33 bits per heavy atom. The summed E-state index contributed by atoms with van der Waals surface area (Å²) in [5.41, 5.74) is -0.384. The zero-order valence-electron chi connectivity index (χ0n) is 11.7. The molecule has 1 aromatic heterocycles. The fourth-order valence-electron chi connectivity index (χ4n) is 2.15. The third-order valence-electron chi connectivity index (χ3n) is 3.75. The summed E-state index contributed by atoms with van der Waals surface area (Å²) in [5.74, 6) is 1.57. The number of piperazine rings is 1. The lowest BCUT2D eigenvalue weighted by Crippen LogP contribution is -2.49. The molecule has 0 amide bonds. The number of nitrogens with one attached hydrogen (secondary N) is 2. The Hall–Kier alpha value is -1.14. The number of anilines is 1. The van der Waals surface area contributed by atoms with Crippen LogP contribution in [0.25, 0.3) is 0 Å². The predicted molar refractivity (Wildman–Crippen MR) is 70.7 cm³/mol. The van der Waals surface area contributed by atoms with Gasteiger partial charge in [0.25, 0.3) is 0 Å². The number of aromatic nitrogens is 3. The molecule has 0 saturated carbocycles. The lowest BCUT2D eigenvalue weighted by Gasteiger charge is -2.31. The molecule has 0 bridgehead atoms. The molecule has 1 unspecified atom stereocenters. The highest BCUT2D eigenvalue weighted by molar-refractivity contribution is 5.31. The van der Waals surface area contributed by atoms with E-state index in [1.54, 1.807) is 7.11 Å². The highest BCUT2D eigenvalue weighted by atomic mass is 16.5. The second-order valence-electron chi connectivity index (χ2n) is 5.07. The van der Waals surface area contributed by atoms with Crippen molar-refractivity contribution >= 4 is 5.95 Å². The highest BCUT2D eigenvalue weighted by Crippen LogP contribution is 2.26.